The summed E-state index contributed by atoms with van der Waals surface area (Å²) >= 11 is 0. The van der Waals surface area contributed by atoms with Crippen LogP contribution in [0.15, 0.2) is 42.5 Å². The molecule has 19 heavy (non-hydrogen) atoms. The molecule has 3 rings (SSSR count). The van der Waals surface area contributed by atoms with E-state index in [9.17, 15) is 4.79 Å². The third-order valence-corrected chi connectivity index (χ3v) is 4.26. The number of nitrogens with two attached hydrogens (primary N) is 1. The van der Waals surface area contributed by atoms with Gasteiger partial charge in [0.1, 0.15) is 0 Å². The molecular weight excluding hydrogens is 234 g/mol. The Kier molecular flexibility index (Phi) is 2.90. The maximum absolute atomic E-state index is 12.4. The van der Waals surface area contributed by atoms with E-state index in [4.69, 9.17) is 5.73 Å². The molecule has 0 saturated heterocycles. The Bertz CT molecular complexity index is 621. The van der Waals surface area contributed by atoms with Crippen LogP contribution in [0, 0.1) is 5.92 Å². The number of Topliss-reactive ketones (excluding diaryl/α,β-unsaturated/α-hetero) is 1. The van der Waals surface area contributed by atoms with Crippen LogP contribution in [-0.2, 0) is 11.2 Å². The molecule has 0 heterocycles. The standard InChI is InChI=1S/C17H19NO/c1-17(18,14-9-10-14)16(19)11-13-7-4-6-12-5-2-3-8-15(12)13/h2-8,14H,9-11,18H2,1H3. The van der Waals surface area contributed by atoms with E-state index in [2.05, 4.69) is 18.2 Å². The summed E-state index contributed by atoms with van der Waals surface area (Å²) in [5.74, 6) is 0.543. The van der Waals surface area contributed by atoms with Crippen LogP contribution in [0.25, 0.3) is 10.8 Å². The SMILES string of the molecule is CC(N)(C(=O)Cc1cccc2ccccc12)C1CC1. The number of hydrogen-bond donors (Lipinski definition) is 1. The van der Waals surface area contributed by atoms with Gasteiger partial charge in [-0.3, -0.25) is 4.79 Å². The lowest BCUT2D eigenvalue weighted by Crippen LogP contribution is -2.47. The highest BCUT2D eigenvalue weighted by Gasteiger charge is 2.43. The average molecular weight is 253 g/mol. The second kappa shape index (κ2) is 4.46. The van der Waals surface area contributed by atoms with Crippen molar-refractivity contribution in [2.75, 3.05) is 0 Å². The molecule has 0 radical (unpaired) electrons. The van der Waals surface area contributed by atoms with E-state index in [1.807, 2.05) is 31.2 Å². The molecular formula is C17H19NO. The lowest BCUT2D eigenvalue weighted by Gasteiger charge is -2.23. The predicted molar refractivity (Wildman–Crippen MR) is 78.0 cm³/mol. The first-order chi connectivity index (χ1) is 9.09. The van der Waals surface area contributed by atoms with Gasteiger partial charge in [0, 0.05) is 6.42 Å². The summed E-state index contributed by atoms with van der Waals surface area (Å²) in [6.07, 6.45) is 2.62. The second-order valence-corrected chi connectivity index (χ2v) is 5.80. The van der Waals surface area contributed by atoms with E-state index in [0.29, 0.717) is 12.3 Å². The molecule has 2 aromatic rings. The third-order valence-electron chi connectivity index (χ3n) is 4.26. The molecule has 0 bridgehead atoms. The minimum atomic E-state index is -0.656. The van der Waals surface area contributed by atoms with E-state index >= 15 is 0 Å². The highest BCUT2D eigenvalue weighted by atomic mass is 16.1. The smallest absolute Gasteiger partial charge is 0.157 e. The van der Waals surface area contributed by atoms with Gasteiger partial charge in [0.25, 0.3) is 0 Å². The number of fused-ring (bicyclic) bond motifs is 1. The molecule has 1 saturated carbocycles. The molecule has 0 aromatic heterocycles. The van der Waals surface area contributed by atoms with Crippen LogP contribution in [-0.4, -0.2) is 11.3 Å². The van der Waals surface area contributed by atoms with Gasteiger partial charge in [-0.2, -0.15) is 0 Å². The molecule has 1 aliphatic carbocycles. The molecule has 0 amide bonds. The van der Waals surface area contributed by atoms with E-state index < -0.39 is 5.54 Å². The molecule has 1 atom stereocenters. The molecule has 1 aliphatic rings. The van der Waals surface area contributed by atoms with E-state index in [1.165, 1.54) is 5.39 Å². The minimum absolute atomic E-state index is 0.159. The van der Waals surface area contributed by atoms with E-state index in [0.717, 1.165) is 23.8 Å². The van der Waals surface area contributed by atoms with Crippen LogP contribution < -0.4 is 5.73 Å². The van der Waals surface area contributed by atoms with Crippen molar-refractivity contribution >= 4 is 16.6 Å². The van der Waals surface area contributed by atoms with Crippen molar-refractivity contribution in [1.82, 2.24) is 0 Å². The maximum Gasteiger partial charge on any atom is 0.157 e. The van der Waals surface area contributed by atoms with Crippen molar-refractivity contribution in [2.45, 2.75) is 31.7 Å². The van der Waals surface area contributed by atoms with Crippen LogP contribution in [0.5, 0.6) is 0 Å². The van der Waals surface area contributed by atoms with E-state index in [1.54, 1.807) is 0 Å². The lowest BCUT2D eigenvalue weighted by atomic mass is 9.87. The summed E-state index contributed by atoms with van der Waals surface area (Å²) in [4.78, 5) is 12.4. The Balaban J connectivity index is 1.91. The van der Waals surface area contributed by atoms with Crippen molar-refractivity contribution < 1.29 is 4.79 Å². The Morgan fingerprint density at radius 2 is 1.89 bits per heavy atom. The topological polar surface area (TPSA) is 43.1 Å². The first-order valence-electron chi connectivity index (χ1n) is 6.88. The van der Waals surface area contributed by atoms with E-state index in [-0.39, 0.29) is 5.78 Å². The van der Waals surface area contributed by atoms with Gasteiger partial charge in [-0.25, -0.2) is 0 Å². The number of rotatable bonds is 4. The van der Waals surface area contributed by atoms with Crippen molar-refractivity contribution in [3.05, 3.63) is 48.0 Å². The van der Waals surface area contributed by atoms with Crippen LogP contribution in [0.4, 0.5) is 0 Å². The maximum atomic E-state index is 12.4. The fraction of sp³-hybridized carbons (Fsp3) is 0.353. The first-order valence-corrected chi connectivity index (χ1v) is 6.88. The summed E-state index contributed by atoms with van der Waals surface area (Å²) < 4.78 is 0. The molecule has 1 fully saturated rings. The van der Waals surface area contributed by atoms with Crippen molar-refractivity contribution in [2.24, 2.45) is 11.7 Å². The predicted octanol–water partition coefficient (Wildman–Crippen LogP) is 3.08. The van der Waals surface area contributed by atoms with Gasteiger partial charge in [-0.1, -0.05) is 42.5 Å². The van der Waals surface area contributed by atoms with Crippen LogP contribution >= 0.6 is 0 Å². The quantitative estimate of drug-likeness (QED) is 0.910. The van der Waals surface area contributed by atoms with Gasteiger partial charge < -0.3 is 5.73 Å². The molecule has 98 valence electrons. The monoisotopic (exact) mass is 253 g/mol. The van der Waals surface area contributed by atoms with Gasteiger partial charge in [0.2, 0.25) is 0 Å². The van der Waals surface area contributed by atoms with Gasteiger partial charge in [-0.05, 0) is 42.0 Å². The Labute approximate surface area is 113 Å². The average Bonchev–Trinajstić information content (AvgIpc) is 3.23. The van der Waals surface area contributed by atoms with Crippen molar-refractivity contribution in [3.63, 3.8) is 0 Å². The number of ketones is 1. The molecule has 2 N–H and O–H groups in total. The molecule has 2 aromatic carbocycles. The van der Waals surface area contributed by atoms with Gasteiger partial charge in [-0.15, -0.1) is 0 Å². The fourth-order valence-corrected chi connectivity index (χ4v) is 2.72. The molecule has 1 unspecified atom stereocenters. The number of hydrogen-bond acceptors (Lipinski definition) is 2. The zero-order valence-corrected chi connectivity index (χ0v) is 11.2. The van der Waals surface area contributed by atoms with Gasteiger partial charge >= 0.3 is 0 Å². The summed E-state index contributed by atoms with van der Waals surface area (Å²) in [7, 11) is 0. The number of benzene rings is 2. The lowest BCUT2D eigenvalue weighted by molar-refractivity contribution is -0.123. The zero-order valence-electron chi connectivity index (χ0n) is 11.2. The molecule has 0 spiro atoms. The first kappa shape index (κ1) is 12.4. The van der Waals surface area contributed by atoms with Gasteiger partial charge in [0.05, 0.1) is 5.54 Å². The normalized spacial score (nSPS) is 18.2. The Morgan fingerprint density at radius 1 is 1.21 bits per heavy atom. The summed E-state index contributed by atoms with van der Waals surface area (Å²) in [5.41, 5.74) is 6.64. The van der Waals surface area contributed by atoms with Crippen molar-refractivity contribution in [3.8, 4) is 0 Å². The summed E-state index contributed by atoms with van der Waals surface area (Å²) in [6.45, 7) is 1.89. The second-order valence-electron chi connectivity index (χ2n) is 5.80. The van der Waals surface area contributed by atoms with Crippen LogP contribution in [0.2, 0.25) is 0 Å². The Hall–Kier alpha value is -1.67. The third kappa shape index (κ3) is 2.28. The summed E-state index contributed by atoms with van der Waals surface area (Å²) in [5, 5.41) is 2.34. The number of carbonyl (C=O) groups is 1. The molecule has 2 heteroatoms. The highest BCUT2D eigenvalue weighted by Crippen LogP contribution is 2.39. The zero-order chi connectivity index (χ0) is 13.5. The minimum Gasteiger partial charge on any atom is -0.319 e. The molecule has 2 nitrogen and oxygen atoms in total. The Morgan fingerprint density at radius 3 is 2.63 bits per heavy atom. The van der Waals surface area contributed by atoms with Crippen molar-refractivity contribution in [1.29, 1.82) is 0 Å². The highest BCUT2D eigenvalue weighted by molar-refractivity contribution is 5.95. The number of carbonyl (C=O) groups excluding carboxylic acids is 1. The fourth-order valence-electron chi connectivity index (χ4n) is 2.72. The van der Waals surface area contributed by atoms with Crippen LogP contribution in [0.3, 0.4) is 0 Å². The summed E-state index contributed by atoms with van der Waals surface area (Å²) in [6, 6.07) is 14.3. The van der Waals surface area contributed by atoms with Crippen LogP contribution in [0.1, 0.15) is 25.3 Å². The van der Waals surface area contributed by atoms with Gasteiger partial charge in [0.15, 0.2) is 5.78 Å². The molecule has 0 aliphatic heterocycles. The largest absolute Gasteiger partial charge is 0.319 e.